The van der Waals surface area contributed by atoms with Crippen molar-refractivity contribution in [2.75, 3.05) is 25.0 Å². The number of nitrogens with one attached hydrogen (secondary N) is 1. The molecule has 0 amide bonds. The Morgan fingerprint density at radius 3 is 2.50 bits per heavy atom. The summed E-state index contributed by atoms with van der Waals surface area (Å²) in [4.78, 5) is 2.35. The molecule has 1 aromatic rings. The van der Waals surface area contributed by atoms with Crippen LogP contribution in [0.4, 0.5) is 5.69 Å². The van der Waals surface area contributed by atoms with Gasteiger partial charge in [-0.05, 0) is 43.1 Å². The second-order valence-corrected chi connectivity index (χ2v) is 6.17. The molecule has 0 saturated carbocycles. The molecule has 3 heteroatoms. The molecule has 0 heterocycles. The minimum Gasteiger partial charge on any atom is -0.374 e. The molecule has 1 aromatic carbocycles. The minimum absolute atomic E-state index is 0.372. The molecule has 1 rings (SSSR count). The highest BCUT2D eigenvalue weighted by atomic mass is 79.9. The first kappa shape index (κ1) is 15.5. The monoisotopic (exact) mass is 312 g/mol. The molecule has 0 aromatic heterocycles. The van der Waals surface area contributed by atoms with Crippen LogP contribution in [0.1, 0.15) is 39.3 Å². The van der Waals surface area contributed by atoms with E-state index < -0.39 is 0 Å². The molecule has 102 valence electrons. The Morgan fingerprint density at radius 2 is 1.94 bits per heavy atom. The predicted octanol–water partition coefficient (Wildman–Crippen LogP) is 4.21. The average Bonchev–Trinajstić information content (AvgIpc) is 2.28. The van der Waals surface area contributed by atoms with Crippen LogP contribution in [0.2, 0.25) is 0 Å². The Labute approximate surface area is 120 Å². The van der Waals surface area contributed by atoms with E-state index in [-0.39, 0.29) is 0 Å². The zero-order valence-corrected chi connectivity index (χ0v) is 13.7. The van der Waals surface area contributed by atoms with Crippen molar-refractivity contribution in [2.24, 2.45) is 5.92 Å². The highest BCUT2D eigenvalue weighted by Crippen LogP contribution is 2.29. The van der Waals surface area contributed by atoms with Crippen LogP contribution in [0.15, 0.2) is 22.7 Å². The van der Waals surface area contributed by atoms with Gasteiger partial charge >= 0.3 is 0 Å². The van der Waals surface area contributed by atoms with Crippen LogP contribution in [-0.2, 0) is 0 Å². The van der Waals surface area contributed by atoms with Gasteiger partial charge in [0.15, 0.2) is 0 Å². The molecule has 0 spiro atoms. The van der Waals surface area contributed by atoms with Crippen LogP contribution in [0.5, 0.6) is 0 Å². The van der Waals surface area contributed by atoms with Crippen LogP contribution >= 0.6 is 15.9 Å². The van der Waals surface area contributed by atoms with Crippen molar-refractivity contribution in [1.82, 2.24) is 5.32 Å². The van der Waals surface area contributed by atoms with Crippen LogP contribution in [-0.4, -0.2) is 20.1 Å². The van der Waals surface area contributed by atoms with E-state index in [1.807, 2.05) is 0 Å². The summed E-state index contributed by atoms with van der Waals surface area (Å²) in [5.41, 5.74) is 2.68. The Bertz CT molecular complexity index is 377. The summed E-state index contributed by atoms with van der Waals surface area (Å²) in [6, 6.07) is 6.92. The van der Waals surface area contributed by atoms with Gasteiger partial charge in [0, 0.05) is 29.8 Å². The minimum atomic E-state index is 0.372. The van der Waals surface area contributed by atoms with Gasteiger partial charge in [-0.25, -0.2) is 0 Å². The van der Waals surface area contributed by atoms with E-state index in [2.05, 4.69) is 79.1 Å². The first-order valence-corrected chi connectivity index (χ1v) is 7.49. The molecular weight excluding hydrogens is 288 g/mol. The molecule has 18 heavy (non-hydrogen) atoms. The Kier molecular flexibility index (Phi) is 6.16. The zero-order chi connectivity index (χ0) is 13.7. The lowest BCUT2D eigenvalue weighted by Gasteiger charge is -2.27. The van der Waals surface area contributed by atoms with E-state index in [0.717, 1.165) is 17.6 Å². The van der Waals surface area contributed by atoms with Gasteiger partial charge < -0.3 is 10.2 Å². The van der Waals surface area contributed by atoms with Crippen molar-refractivity contribution in [1.29, 1.82) is 0 Å². The lowest BCUT2D eigenvalue weighted by molar-refractivity contribution is 0.590. The van der Waals surface area contributed by atoms with Gasteiger partial charge in [0.25, 0.3) is 0 Å². The zero-order valence-electron chi connectivity index (χ0n) is 12.1. The highest BCUT2D eigenvalue weighted by Gasteiger charge is 2.14. The third kappa shape index (κ3) is 4.29. The quantitative estimate of drug-likeness (QED) is 0.846. The largest absolute Gasteiger partial charge is 0.374 e. The van der Waals surface area contributed by atoms with Crippen molar-refractivity contribution in [3.63, 3.8) is 0 Å². The number of rotatable bonds is 6. The standard InChI is InChI=1S/C15H25BrN2/c1-6-17-12(4)14-9-13(16)7-8-15(14)18(5)10-11(2)3/h7-9,11-12,17H,6,10H2,1-5H3. The fraction of sp³-hybridized carbons (Fsp3) is 0.600. The number of halogens is 1. The van der Waals surface area contributed by atoms with Crippen LogP contribution < -0.4 is 10.2 Å². The molecule has 2 nitrogen and oxygen atoms in total. The van der Waals surface area contributed by atoms with Crippen molar-refractivity contribution in [2.45, 2.75) is 33.7 Å². The fourth-order valence-corrected chi connectivity index (χ4v) is 2.66. The number of benzene rings is 1. The smallest absolute Gasteiger partial charge is 0.0412 e. The van der Waals surface area contributed by atoms with Gasteiger partial charge in [-0.1, -0.05) is 36.7 Å². The second kappa shape index (κ2) is 7.15. The van der Waals surface area contributed by atoms with Gasteiger partial charge in [0.2, 0.25) is 0 Å². The summed E-state index contributed by atoms with van der Waals surface area (Å²) in [5, 5.41) is 3.49. The Balaban J connectivity index is 3.02. The Hall–Kier alpha value is -0.540. The maximum atomic E-state index is 3.57. The lowest BCUT2D eigenvalue weighted by Crippen LogP contribution is -2.26. The molecule has 1 atom stereocenters. The van der Waals surface area contributed by atoms with E-state index >= 15 is 0 Å². The first-order chi connectivity index (χ1) is 8.45. The maximum Gasteiger partial charge on any atom is 0.0412 e. The van der Waals surface area contributed by atoms with Crippen LogP contribution in [0, 0.1) is 5.92 Å². The van der Waals surface area contributed by atoms with Crippen molar-refractivity contribution in [3.8, 4) is 0 Å². The molecule has 0 bridgehead atoms. The van der Waals surface area contributed by atoms with Crippen LogP contribution in [0.25, 0.3) is 0 Å². The summed E-state index contributed by atoms with van der Waals surface area (Å²) in [6.45, 7) is 10.9. The van der Waals surface area contributed by atoms with Crippen molar-refractivity contribution >= 4 is 21.6 Å². The van der Waals surface area contributed by atoms with E-state index in [9.17, 15) is 0 Å². The summed E-state index contributed by atoms with van der Waals surface area (Å²) < 4.78 is 1.14. The SMILES string of the molecule is CCNC(C)c1cc(Br)ccc1N(C)CC(C)C. The van der Waals surface area contributed by atoms with Crippen LogP contribution in [0.3, 0.4) is 0 Å². The number of hydrogen-bond donors (Lipinski definition) is 1. The van der Waals surface area contributed by atoms with E-state index in [1.54, 1.807) is 0 Å². The molecule has 0 fully saturated rings. The summed E-state index contributed by atoms with van der Waals surface area (Å²) in [5.74, 6) is 0.668. The van der Waals surface area contributed by atoms with Gasteiger partial charge in [-0.2, -0.15) is 0 Å². The van der Waals surface area contributed by atoms with Gasteiger partial charge in [0.1, 0.15) is 0 Å². The summed E-state index contributed by atoms with van der Waals surface area (Å²) >= 11 is 3.57. The average molecular weight is 313 g/mol. The lowest BCUT2D eigenvalue weighted by atomic mass is 10.0. The van der Waals surface area contributed by atoms with Crippen molar-refractivity contribution in [3.05, 3.63) is 28.2 Å². The molecule has 0 aliphatic rings. The highest BCUT2D eigenvalue weighted by molar-refractivity contribution is 9.10. The van der Waals surface area contributed by atoms with Gasteiger partial charge in [-0.15, -0.1) is 0 Å². The molecule has 0 radical (unpaired) electrons. The molecule has 0 aliphatic heterocycles. The molecule has 0 aliphatic carbocycles. The molecule has 1 unspecified atom stereocenters. The normalized spacial score (nSPS) is 12.8. The third-order valence-corrected chi connectivity index (χ3v) is 3.51. The summed E-state index contributed by atoms with van der Waals surface area (Å²) in [6.07, 6.45) is 0. The topological polar surface area (TPSA) is 15.3 Å². The van der Waals surface area contributed by atoms with E-state index in [4.69, 9.17) is 0 Å². The Morgan fingerprint density at radius 1 is 1.28 bits per heavy atom. The fourth-order valence-electron chi connectivity index (χ4n) is 2.28. The maximum absolute atomic E-state index is 3.57. The third-order valence-electron chi connectivity index (χ3n) is 3.02. The second-order valence-electron chi connectivity index (χ2n) is 5.26. The van der Waals surface area contributed by atoms with E-state index in [1.165, 1.54) is 11.3 Å². The number of hydrogen-bond acceptors (Lipinski definition) is 2. The van der Waals surface area contributed by atoms with Crippen molar-refractivity contribution < 1.29 is 0 Å². The molecule has 0 saturated heterocycles. The first-order valence-electron chi connectivity index (χ1n) is 6.69. The van der Waals surface area contributed by atoms with Gasteiger partial charge in [-0.3, -0.25) is 0 Å². The predicted molar refractivity (Wildman–Crippen MR) is 84.3 cm³/mol. The number of nitrogens with zero attached hydrogens (tertiary/aromatic N) is 1. The molecule has 1 N–H and O–H groups in total. The number of anilines is 1. The van der Waals surface area contributed by atoms with Gasteiger partial charge in [0.05, 0.1) is 0 Å². The van der Waals surface area contributed by atoms with E-state index in [0.29, 0.717) is 12.0 Å². The molecular formula is C15H25BrN2. The summed E-state index contributed by atoms with van der Waals surface area (Å²) in [7, 11) is 2.17.